The SMILES string of the molecule is Cc1cc(=O)oc2cc(Oc3ccc(C#N)cc3)ccc12. The van der Waals surface area contributed by atoms with Gasteiger partial charge in [-0.15, -0.1) is 0 Å². The lowest BCUT2D eigenvalue weighted by molar-refractivity contribution is 0.480. The molecule has 0 aliphatic carbocycles. The van der Waals surface area contributed by atoms with E-state index in [-0.39, 0.29) is 5.63 Å². The molecule has 0 fully saturated rings. The summed E-state index contributed by atoms with van der Waals surface area (Å²) in [6.07, 6.45) is 0. The Morgan fingerprint density at radius 3 is 2.48 bits per heavy atom. The van der Waals surface area contributed by atoms with Crippen LogP contribution >= 0.6 is 0 Å². The van der Waals surface area contributed by atoms with Crippen molar-refractivity contribution >= 4 is 11.0 Å². The van der Waals surface area contributed by atoms with Crippen molar-refractivity contribution in [3.8, 4) is 17.6 Å². The smallest absolute Gasteiger partial charge is 0.336 e. The van der Waals surface area contributed by atoms with Crippen LogP contribution in [-0.4, -0.2) is 0 Å². The summed E-state index contributed by atoms with van der Waals surface area (Å²) in [4.78, 5) is 11.4. The van der Waals surface area contributed by atoms with Gasteiger partial charge in [0, 0.05) is 17.5 Å². The number of hydrogen-bond donors (Lipinski definition) is 0. The van der Waals surface area contributed by atoms with Gasteiger partial charge in [0.2, 0.25) is 0 Å². The third kappa shape index (κ3) is 2.63. The third-order valence-corrected chi connectivity index (χ3v) is 3.14. The Labute approximate surface area is 120 Å². The molecule has 0 atom stereocenters. The molecule has 4 heteroatoms. The Morgan fingerprint density at radius 1 is 1.05 bits per heavy atom. The molecule has 0 spiro atoms. The van der Waals surface area contributed by atoms with E-state index in [4.69, 9.17) is 14.4 Å². The first-order valence-electron chi connectivity index (χ1n) is 6.38. The molecule has 0 saturated heterocycles. The molecule has 102 valence electrons. The second-order valence-electron chi connectivity index (χ2n) is 4.64. The van der Waals surface area contributed by atoms with E-state index in [9.17, 15) is 4.79 Å². The van der Waals surface area contributed by atoms with Crippen LogP contribution in [-0.2, 0) is 0 Å². The molecule has 0 aliphatic heterocycles. The second-order valence-corrected chi connectivity index (χ2v) is 4.64. The molecule has 0 amide bonds. The molecule has 3 rings (SSSR count). The average Bonchev–Trinajstić information content (AvgIpc) is 2.47. The molecule has 0 aliphatic rings. The Kier molecular flexibility index (Phi) is 3.17. The molecule has 4 nitrogen and oxygen atoms in total. The normalized spacial score (nSPS) is 10.3. The van der Waals surface area contributed by atoms with Gasteiger partial charge in [-0.1, -0.05) is 0 Å². The maximum Gasteiger partial charge on any atom is 0.336 e. The van der Waals surface area contributed by atoms with Crippen molar-refractivity contribution < 1.29 is 9.15 Å². The average molecular weight is 277 g/mol. The van der Waals surface area contributed by atoms with E-state index in [2.05, 4.69) is 0 Å². The molecule has 2 aromatic carbocycles. The standard InChI is InChI=1S/C17H11NO3/c1-11-8-17(19)21-16-9-14(6-7-15(11)16)20-13-4-2-12(10-18)3-5-13/h2-9H,1H3. The van der Waals surface area contributed by atoms with Crippen molar-refractivity contribution in [2.45, 2.75) is 6.92 Å². The Hall–Kier alpha value is -3.06. The van der Waals surface area contributed by atoms with E-state index in [1.807, 2.05) is 25.1 Å². The van der Waals surface area contributed by atoms with Gasteiger partial charge in [0.25, 0.3) is 0 Å². The van der Waals surface area contributed by atoms with Gasteiger partial charge in [0.05, 0.1) is 11.6 Å². The summed E-state index contributed by atoms with van der Waals surface area (Å²) < 4.78 is 10.9. The summed E-state index contributed by atoms with van der Waals surface area (Å²) in [6.45, 7) is 1.86. The van der Waals surface area contributed by atoms with Crippen LogP contribution in [0.3, 0.4) is 0 Å². The van der Waals surface area contributed by atoms with E-state index in [0.29, 0.717) is 22.6 Å². The van der Waals surface area contributed by atoms with Crippen LogP contribution in [0.15, 0.2) is 57.7 Å². The number of nitrogens with zero attached hydrogens (tertiary/aromatic N) is 1. The van der Waals surface area contributed by atoms with Crippen molar-refractivity contribution in [1.82, 2.24) is 0 Å². The third-order valence-electron chi connectivity index (χ3n) is 3.14. The van der Waals surface area contributed by atoms with Gasteiger partial charge in [-0.2, -0.15) is 5.26 Å². The molecular weight excluding hydrogens is 266 g/mol. The van der Waals surface area contributed by atoms with Crippen molar-refractivity contribution in [1.29, 1.82) is 5.26 Å². The highest BCUT2D eigenvalue weighted by molar-refractivity contribution is 5.81. The van der Waals surface area contributed by atoms with Gasteiger partial charge >= 0.3 is 5.63 Å². The molecule has 0 bridgehead atoms. The Bertz CT molecular complexity index is 902. The zero-order valence-corrected chi connectivity index (χ0v) is 11.3. The predicted octanol–water partition coefficient (Wildman–Crippen LogP) is 3.77. The molecule has 0 N–H and O–H groups in total. The van der Waals surface area contributed by atoms with E-state index in [1.165, 1.54) is 6.07 Å². The molecule has 0 saturated carbocycles. The number of nitriles is 1. The minimum Gasteiger partial charge on any atom is -0.457 e. The number of ether oxygens (including phenoxy) is 1. The number of benzene rings is 2. The molecule has 1 heterocycles. The minimum atomic E-state index is -0.379. The quantitative estimate of drug-likeness (QED) is 0.669. The molecule has 0 unspecified atom stereocenters. The highest BCUT2D eigenvalue weighted by Gasteiger charge is 2.05. The van der Waals surface area contributed by atoms with Gasteiger partial charge in [0.15, 0.2) is 0 Å². The first-order chi connectivity index (χ1) is 10.2. The fourth-order valence-electron chi connectivity index (χ4n) is 2.10. The topological polar surface area (TPSA) is 63.2 Å². The Morgan fingerprint density at radius 2 is 1.76 bits per heavy atom. The lowest BCUT2D eigenvalue weighted by atomic mass is 10.1. The number of aryl methyl sites for hydroxylation is 1. The summed E-state index contributed by atoms with van der Waals surface area (Å²) in [7, 11) is 0. The van der Waals surface area contributed by atoms with E-state index < -0.39 is 0 Å². The fraction of sp³-hybridized carbons (Fsp3) is 0.0588. The molecule has 1 aromatic heterocycles. The van der Waals surface area contributed by atoms with E-state index in [0.717, 1.165) is 10.9 Å². The van der Waals surface area contributed by atoms with Crippen LogP contribution in [0.5, 0.6) is 11.5 Å². The van der Waals surface area contributed by atoms with Crippen LogP contribution in [0, 0.1) is 18.3 Å². The van der Waals surface area contributed by atoms with Crippen molar-refractivity contribution in [2.75, 3.05) is 0 Å². The largest absolute Gasteiger partial charge is 0.457 e. The van der Waals surface area contributed by atoms with Crippen LogP contribution in [0.1, 0.15) is 11.1 Å². The van der Waals surface area contributed by atoms with Crippen molar-refractivity contribution in [3.05, 3.63) is 70.1 Å². The van der Waals surface area contributed by atoms with Gasteiger partial charge in [-0.3, -0.25) is 0 Å². The minimum absolute atomic E-state index is 0.379. The fourth-order valence-corrected chi connectivity index (χ4v) is 2.10. The zero-order chi connectivity index (χ0) is 14.8. The Balaban J connectivity index is 1.97. The maximum absolute atomic E-state index is 11.4. The first kappa shape index (κ1) is 12.9. The van der Waals surface area contributed by atoms with Crippen LogP contribution < -0.4 is 10.4 Å². The lowest BCUT2D eigenvalue weighted by Gasteiger charge is -2.07. The van der Waals surface area contributed by atoms with Gasteiger partial charge in [-0.25, -0.2) is 4.79 Å². The van der Waals surface area contributed by atoms with Crippen LogP contribution in [0.4, 0.5) is 0 Å². The number of rotatable bonds is 2. The van der Waals surface area contributed by atoms with Crippen LogP contribution in [0.25, 0.3) is 11.0 Å². The van der Waals surface area contributed by atoms with Crippen molar-refractivity contribution in [3.63, 3.8) is 0 Å². The monoisotopic (exact) mass is 277 g/mol. The number of fused-ring (bicyclic) bond motifs is 1. The molecule has 3 aromatic rings. The van der Waals surface area contributed by atoms with Gasteiger partial charge in [-0.05, 0) is 48.9 Å². The summed E-state index contributed by atoms with van der Waals surface area (Å²) in [5.41, 5.74) is 1.55. The highest BCUT2D eigenvalue weighted by Crippen LogP contribution is 2.26. The van der Waals surface area contributed by atoms with E-state index >= 15 is 0 Å². The summed E-state index contributed by atoms with van der Waals surface area (Å²) in [5, 5.41) is 9.63. The lowest BCUT2D eigenvalue weighted by Crippen LogP contribution is -1.97. The summed E-state index contributed by atoms with van der Waals surface area (Å²) >= 11 is 0. The zero-order valence-electron chi connectivity index (χ0n) is 11.3. The summed E-state index contributed by atoms with van der Waals surface area (Å²) in [6, 6.07) is 15.7. The van der Waals surface area contributed by atoms with Crippen molar-refractivity contribution in [2.24, 2.45) is 0 Å². The van der Waals surface area contributed by atoms with Crippen LogP contribution in [0.2, 0.25) is 0 Å². The van der Waals surface area contributed by atoms with Gasteiger partial charge < -0.3 is 9.15 Å². The predicted molar refractivity (Wildman–Crippen MR) is 78.5 cm³/mol. The molecule has 0 radical (unpaired) electrons. The van der Waals surface area contributed by atoms with E-state index in [1.54, 1.807) is 30.3 Å². The summed E-state index contributed by atoms with van der Waals surface area (Å²) in [5.74, 6) is 1.18. The first-order valence-corrected chi connectivity index (χ1v) is 6.38. The molecule has 21 heavy (non-hydrogen) atoms. The molecular formula is C17H11NO3. The number of hydrogen-bond acceptors (Lipinski definition) is 4. The highest BCUT2D eigenvalue weighted by atomic mass is 16.5. The maximum atomic E-state index is 11.4. The van der Waals surface area contributed by atoms with Gasteiger partial charge in [0.1, 0.15) is 17.1 Å². The second kappa shape index (κ2) is 5.14.